The maximum atomic E-state index is 13.2. The third kappa shape index (κ3) is 6.13. The Labute approximate surface area is 172 Å². The van der Waals surface area contributed by atoms with E-state index in [-0.39, 0.29) is 31.3 Å². The van der Waals surface area contributed by atoms with E-state index < -0.39 is 5.97 Å². The van der Waals surface area contributed by atoms with Gasteiger partial charge in [0.2, 0.25) is 0 Å². The van der Waals surface area contributed by atoms with Gasteiger partial charge in [0, 0.05) is 11.1 Å². The molecule has 0 aliphatic heterocycles. The van der Waals surface area contributed by atoms with Gasteiger partial charge >= 0.3 is 5.97 Å². The molecule has 3 rings (SSSR count). The quantitative estimate of drug-likeness (QED) is 0.321. The highest BCUT2D eigenvalue weighted by Gasteiger charge is 2.09. The molecule has 0 aromatic heterocycles. The standard InChI is InChI=1S/C23H19F2NO4/c24-19-8-4-17(5-9-19)23(18-6-10-20(25)11-7-18)26-30-13-12-29-21-3-1-2-16(14-21)15-22(27)28/h1-11,14H,12-13,15H2,(H,27,28). The van der Waals surface area contributed by atoms with Crippen molar-refractivity contribution in [3.8, 4) is 5.75 Å². The van der Waals surface area contributed by atoms with E-state index in [0.29, 0.717) is 28.2 Å². The monoisotopic (exact) mass is 411 g/mol. The lowest BCUT2D eigenvalue weighted by Gasteiger charge is -2.09. The second-order valence-electron chi connectivity index (χ2n) is 6.35. The van der Waals surface area contributed by atoms with E-state index >= 15 is 0 Å². The van der Waals surface area contributed by atoms with Crippen molar-refractivity contribution < 1.29 is 28.3 Å². The highest BCUT2D eigenvalue weighted by atomic mass is 19.1. The number of nitrogens with zero attached hydrogens (tertiary/aromatic N) is 1. The Hall–Kier alpha value is -3.74. The fraction of sp³-hybridized carbons (Fsp3) is 0.130. The van der Waals surface area contributed by atoms with E-state index in [9.17, 15) is 13.6 Å². The van der Waals surface area contributed by atoms with Crippen LogP contribution in [0.2, 0.25) is 0 Å². The number of ether oxygens (including phenoxy) is 1. The lowest BCUT2D eigenvalue weighted by Crippen LogP contribution is -2.09. The number of hydrogen-bond donors (Lipinski definition) is 1. The summed E-state index contributed by atoms with van der Waals surface area (Å²) in [5.41, 5.74) is 2.29. The molecule has 0 aliphatic rings. The van der Waals surface area contributed by atoms with Crippen LogP contribution in [0.5, 0.6) is 5.75 Å². The number of oxime groups is 1. The molecule has 0 amide bonds. The van der Waals surface area contributed by atoms with Crippen LogP contribution < -0.4 is 4.74 Å². The molecule has 0 unspecified atom stereocenters. The molecule has 0 atom stereocenters. The molecule has 0 bridgehead atoms. The number of hydrogen-bond acceptors (Lipinski definition) is 4. The van der Waals surface area contributed by atoms with E-state index in [0.717, 1.165) is 0 Å². The molecule has 0 radical (unpaired) electrons. The normalized spacial score (nSPS) is 10.3. The van der Waals surface area contributed by atoms with E-state index in [1.807, 2.05) is 0 Å². The van der Waals surface area contributed by atoms with Crippen molar-refractivity contribution in [1.82, 2.24) is 0 Å². The first-order valence-corrected chi connectivity index (χ1v) is 9.16. The first-order chi connectivity index (χ1) is 14.5. The van der Waals surface area contributed by atoms with Crippen LogP contribution in [-0.2, 0) is 16.1 Å². The second-order valence-corrected chi connectivity index (χ2v) is 6.35. The second kappa shape index (κ2) is 10.2. The number of carboxylic acid groups (broad SMARTS) is 1. The highest BCUT2D eigenvalue weighted by Crippen LogP contribution is 2.15. The molecular weight excluding hydrogens is 392 g/mol. The molecule has 154 valence electrons. The maximum absolute atomic E-state index is 13.2. The Morgan fingerprint density at radius 3 is 2.03 bits per heavy atom. The van der Waals surface area contributed by atoms with Crippen LogP contribution in [0.15, 0.2) is 78.0 Å². The van der Waals surface area contributed by atoms with E-state index in [4.69, 9.17) is 14.7 Å². The molecule has 3 aromatic rings. The number of halogens is 2. The smallest absolute Gasteiger partial charge is 0.307 e. The van der Waals surface area contributed by atoms with E-state index in [1.165, 1.54) is 24.3 Å². The molecule has 0 fully saturated rings. The van der Waals surface area contributed by atoms with Crippen LogP contribution in [0.25, 0.3) is 0 Å². The molecule has 3 aromatic carbocycles. The van der Waals surface area contributed by atoms with Gasteiger partial charge in [-0.2, -0.15) is 0 Å². The predicted octanol–water partition coefficient (Wildman–Crippen LogP) is 4.44. The predicted molar refractivity (Wildman–Crippen MR) is 108 cm³/mol. The molecule has 0 saturated carbocycles. The van der Waals surface area contributed by atoms with Crippen LogP contribution in [0.1, 0.15) is 16.7 Å². The number of benzene rings is 3. The van der Waals surface area contributed by atoms with Gasteiger partial charge in [0.15, 0.2) is 6.61 Å². The summed E-state index contributed by atoms with van der Waals surface area (Å²) in [4.78, 5) is 16.2. The molecule has 0 spiro atoms. The summed E-state index contributed by atoms with van der Waals surface area (Å²) in [6.45, 7) is 0.301. The lowest BCUT2D eigenvalue weighted by atomic mass is 10.0. The number of rotatable bonds is 9. The molecular formula is C23H19F2NO4. The Balaban J connectivity index is 1.64. The van der Waals surface area contributed by atoms with Crippen molar-refractivity contribution in [1.29, 1.82) is 0 Å². The van der Waals surface area contributed by atoms with Crippen LogP contribution in [0.3, 0.4) is 0 Å². The van der Waals surface area contributed by atoms with E-state index in [1.54, 1.807) is 48.5 Å². The van der Waals surface area contributed by atoms with Gasteiger partial charge in [0.05, 0.1) is 6.42 Å². The minimum absolute atomic E-state index is 0.0866. The Bertz CT molecular complexity index is 971. The van der Waals surface area contributed by atoms with Crippen LogP contribution in [0.4, 0.5) is 8.78 Å². The minimum Gasteiger partial charge on any atom is -0.490 e. The summed E-state index contributed by atoms with van der Waals surface area (Å²) >= 11 is 0. The first-order valence-electron chi connectivity index (χ1n) is 9.16. The molecule has 30 heavy (non-hydrogen) atoms. The van der Waals surface area contributed by atoms with Gasteiger partial charge in [-0.05, 0) is 66.2 Å². The molecule has 7 heteroatoms. The highest BCUT2D eigenvalue weighted by molar-refractivity contribution is 6.12. The topological polar surface area (TPSA) is 68.1 Å². The van der Waals surface area contributed by atoms with Gasteiger partial charge in [-0.1, -0.05) is 17.3 Å². The molecule has 1 N–H and O–H groups in total. The van der Waals surface area contributed by atoms with Gasteiger partial charge < -0.3 is 14.7 Å². The number of carboxylic acids is 1. The summed E-state index contributed by atoms with van der Waals surface area (Å²) in [6.07, 6.45) is -0.0866. The van der Waals surface area contributed by atoms with E-state index in [2.05, 4.69) is 5.16 Å². The van der Waals surface area contributed by atoms with Crippen LogP contribution >= 0.6 is 0 Å². The first kappa shape index (κ1) is 21.0. The van der Waals surface area contributed by atoms with Crippen molar-refractivity contribution in [2.45, 2.75) is 6.42 Å². The summed E-state index contributed by atoms with van der Waals surface area (Å²) in [7, 11) is 0. The van der Waals surface area contributed by atoms with Gasteiger partial charge in [-0.3, -0.25) is 4.79 Å². The van der Waals surface area contributed by atoms with Gasteiger partial charge in [0.25, 0.3) is 0 Å². The average Bonchev–Trinajstić information content (AvgIpc) is 2.72. The SMILES string of the molecule is O=C(O)Cc1cccc(OCCON=C(c2ccc(F)cc2)c2ccc(F)cc2)c1. The minimum atomic E-state index is -0.918. The van der Waals surface area contributed by atoms with Crippen LogP contribution in [-0.4, -0.2) is 30.0 Å². The summed E-state index contributed by atoms with van der Waals surface area (Å²) in [5, 5.41) is 13.0. The summed E-state index contributed by atoms with van der Waals surface area (Å²) in [6, 6.07) is 18.3. The van der Waals surface area contributed by atoms with Crippen molar-refractivity contribution in [2.75, 3.05) is 13.2 Å². The Kier molecular flexibility index (Phi) is 7.10. The zero-order chi connectivity index (χ0) is 21.3. The third-order valence-corrected chi connectivity index (χ3v) is 4.09. The average molecular weight is 411 g/mol. The van der Waals surface area contributed by atoms with Gasteiger partial charge in [0.1, 0.15) is 29.7 Å². The van der Waals surface area contributed by atoms with Crippen molar-refractivity contribution in [3.05, 3.63) is 101 Å². The van der Waals surface area contributed by atoms with Crippen molar-refractivity contribution in [2.24, 2.45) is 5.16 Å². The molecule has 0 saturated heterocycles. The fourth-order valence-electron chi connectivity index (χ4n) is 2.71. The van der Waals surface area contributed by atoms with Crippen LogP contribution in [0, 0.1) is 11.6 Å². The summed E-state index contributed by atoms with van der Waals surface area (Å²) < 4.78 is 32.1. The van der Waals surface area contributed by atoms with Crippen molar-refractivity contribution in [3.63, 3.8) is 0 Å². The third-order valence-electron chi connectivity index (χ3n) is 4.09. The number of carbonyl (C=O) groups is 1. The maximum Gasteiger partial charge on any atom is 0.307 e. The molecule has 0 heterocycles. The molecule has 0 aliphatic carbocycles. The van der Waals surface area contributed by atoms with Crippen molar-refractivity contribution >= 4 is 11.7 Å². The largest absolute Gasteiger partial charge is 0.490 e. The lowest BCUT2D eigenvalue weighted by molar-refractivity contribution is -0.136. The molecule has 5 nitrogen and oxygen atoms in total. The fourth-order valence-corrected chi connectivity index (χ4v) is 2.71. The number of aliphatic carboxylic acids is 1. The summed E-state index contributed by atoms with van der Waals surface area (Å²) in [5.74, 6) is -1.15. The Morgan fingerprint density at radius 2 is 1.47 bits per heavy atom. The zero-order valence-electron chi connectivity index (χ0n) is 15.9. The van der Waals surface area contributed by atoms with Gasteiger partial charge in [-0.25, -0.2) is 8.78 Å². The Morgan fingerprint density at radius 1 is 0.867 bits per heavy atom. The zero-order valence-corrected chi connectivity index (χ0v) is 15.9. The van der Waals surface area contributed by atoms with Gasteiger partial charge in [-0.15, -0.1) is 0 Å².